The molecule has 0 unspecified atom stereocenters. The molecule has 0 aliphatic heterocycles. The normalized spacial score (nSPS) is 10.5. The standard InChI is InChI=1S/C22H23N3O3/c1-3-20(26)18-9-11-19(12-10-18)28-15-22(27)23-21-13-16(2)24-25(21)14-17-7-5-4-6-8-17/h4-13H,3,14-15H2,1-2H3,(H,23,27). The van der Waals surface area contributed by atoms with E-state index in [-0.39, 0.29) is 18.3 Å². The number of hydrogen-bond donors (Lipinski definition) is 1. The lowest BCUT2D eigenvalue weighted by Crippen LogP contribution is -2.22. The number of Topliss-reactive ketones (excluding diaryl/α,β-unsaturated/α-hetero) is 1. The fourth-order valence-electron chi connectivity index (χ4n) is 2.79. The predicted octanol–water partition coefficient (Wildman–Crippen LogP) is 3.85. The minimum absolute atomic E-state index is 0.0753. The second-order valence-electron chi connectivity index (χ2n) is 6.45. The third kappa shape index (κ3) is 5.07. The van der Waals surface area contributed by atoms with Crippen LogP contribution in [0.4, 0.5) is 5.82 Å². The fourth-order valence-corrected chi connectivity index (χ4v) is 2.79. The van der Waals surface area contributed by atoms with E-state index in [1.165, 1.54) is 0 Å². The largest absolute Gasteiger partial charge is 0.484 e. The van der Waals surface area contributed by atoms with Crippen LogP contribution in [0.5, 0.6) is 5.75 Å². The predicted molar refractivity (Wildman–Crippen MR) is 108 cm³/mol. The van der Waals surface area contributed by atoms with E-state index in [4.69, 9.17) is 4.74 Å². The van der Waals surface area contributed by atoms with Crippen molar-refractivity contribution >= 4 is 17.5 Å². The van der Waals surface area contributed by atoms with Crippen molar-refractivity contribution in [1.82, 2.24) is 9.78 Å². The van der Waals surface area contributed by atoms with Gasteiger partial charge in [-0.3, -0.25) is 9.59 Å². The summed E-state index contributed by atoms with van der Waals surface area (Å²) in [6, 6.07) is 18.6. The van der Waals surface area contributed by atoms with Gasteiger partial charge in [-0.1, -0.05) is 37.3 Å². The summed E-state index contributed by atoms with van der Waals surface area (Å²) in [6.45, 7) is 4.14. The van der Waals surface area contributed by atoms with Crippen molar-refractivity contribution in [3.05, 3.63) is 77.5 Å². The number of carbonyl (C=O) groups is 2. The summed E-state index contributed by atoms with van der Waals surface area (Å²) in [4.78, 5) is 23.9. The van der Waals surface area contributed by atoms with Crippen molar-refractivity contribution in [2.75, 3.05) is 11.9 Å². The summed E-state index contributed by atoms with van der Waals surface area (Å²) in [5.74, 6) is 0.963. The van der Waals surface area contributed by atoms with Gasteiger partial charge in [-0.15, -0.1) is 0 Å². The molecule has 3 aromatic rings. The molecule has 0 bridgehead atoms. The quantitative estimate of drug-likeness (QED) is 0.605. The van der Waals surface area contributed by atoms with Crippen molar-refractivity contribution in [3.8, 4) is 5.75 Å². The first-order chi connectivity index (χ1) is 13.5. The number of rotatable bonds is 8. The Balaban J connectivity index is 1.58. The molecule has 0 saturated heterocycles. The summed E-state index contributed by atoms with van der Waals surface area (Å²) in [5.41, 5.74) is 2.56. The number of hydrogen-bond acceptors (Lipinski definition) is 4. The second-order valence-corrected chi connectivity index (χ2v) is 6.45. The first kappa shape index (κ1) is 19.4. The third-order valence-electron chi connectivity index (χ3n) is 4.21. The first-order valence-corrected chi connectivity index (χ1v) is 9.19. The van der Waals surface area contributed by atoms with Crippen LogP contribution in [0.1, 0.15) is 35.0 Å². The molecule has 1 aromatic heterocycles. The van der Waals surface area contributed by atoms with Crippen molar-refractivity contribution in [2.24, 2.45) is 0 Å². The van der Waals surface area contributed by atoms with Crippen LogP contribution in [-0.4, -0.2) is 28.1 Å². The zero-order chi connectivity index (χ0) is 19.9. The van der Waals surface area contributed by atoms with Gasteiger partial charge in [0.25, 0.3) is 5.91 Å². The molecule has 6 nitrogen and oxygen atoms in total. The van der Waals surface area contributed by atoms with Gasteiger partial charge in [0.15, 0.2) is 12.4 Å². The molecular weight excluding hydrogens is 354 g/mol. The van der Waals surface area contributed by atoms with Crippen molar-refractivity contribution in [3.63, 3.8) is 0 Å². The van der Waals surface area contributed by atoms with Crippen LogP contribution < -0.4 is 10.1 Å². The summed E-state index contributed by atoms with van der Waals surface area (Å²) >= 11 is 0. The Morgan fingerprint density at radius 3 is 2.46 bits per heavy atom. The number of anilines is 1. The number of ketones is 1. The molecule has 0 spiro atoms. The van der Waals surface area contributed by atoms with Gasteiger partial charge in [0, 0.05) is 18.1 Å². The van der Waals surface area contributed by atoms with Crippen molar-refractivity contribution in [2.45, 2.75) is 26.8 Å². The number of nitrogens with zero attached hydrogens (tertiary/aromatic N) is 2. The second kappa shape index (κ2) is 8.99. The van der Waals surface area contributed by atoms with Gasteiger partial charge in [-0.25, -0.2) is 4.68 Å². The average molecular weight is 377 g/mol. The molecule has 1 heterocycles. The molecular formula is C22H23N3O3. The first-order valence-electron chi connectivity index (χ1n) is 9.19. The van der Waals surface area contributed by atoms with E-state index in [0.717, 1.165) is 11.3 Å². The maximum absolute atomic E-state index is 12.3. The number of nitrogens with one attached hydrogen (secondary N) is 1. The molecule has 0 atom stereocenters. The molecule has 6 heteroatoms. The Hall–Kier alpha value is -3.41. The SMILES string of the molecule is CCC(=O)c1ccc(OCC(=O)Nc2cc(C)nn2Cc2ccccc2)cc1. The van der Waals surface area contributed by atoms with E-state index in [1.54, 1.807) is 28.9 Å². The highest BCUT2D eigenvalue weighted by atomic mass is 16.5. The summed E-state index contributed by atoms with van der Waals surface area (Å²) in [6.07, 6.45) is 0.457. The Bertz CT molecular complexity index is 947. The number of ether oxygens (including phenoxy) is 1. The minimum Gasteiger partial charge on any atom is -0.484 e. The van der Waals surface area contributed by atoms with Gasteiger partial charge in [0.1, 0.15) is 11.6 Å². The van der Waals surface area contributed by atoms with Gasteiger partial charge in [0.2, 0.25) is 0 Å². The van der Waals surface area contributed by atoms with E-state index >= 15 is 0 Å². The van der Waals surface area contributed by atoms with E-state index < -0.39 is 0 Å². The van der Waals surface area contributed by atoms with Crippen LogP contribution >= 0.6 is 0 Å². The Labute approximate surface area is 164 Å². The molecule has 0 aliphatic rings. The lowest BCUT2D eigenvalue weighted by atomic mass is 10.1. The Kier molecular flexibility index (Phi) is 6.22. The van der Waals surface area contributed by atoms with Crippen molar-refractivity contribution < 1.29 is 14.3 Å². The average Bonchev–Trinajstić information content (AvgIpc) is 3.05. The number of carbonyl (C=O) groups excluding carboxylic acids is 2. The smallest absolute Gasteiger partial charge is 0.263 e. The summed E-state index contributed by atoms with van der Waals surface area (Å²) in [5, 5.41) is 7.28. The van der Waals surface area contributed by atoms with Crippen LogP contribution in [0.3, 0.4) is 0 Å². The lowest BCUT2D eigenvalue weighted by Gasteiger charge is -2.10. The van der Waals surface area contributed by atoms with E-state index in [2.05, 4.69) is 10.4 Å². The third-order valence-corrected chi connectivity index (χ3v) is 4.21. The summed E-state index contributed by atoms with van der Waals surface area (Å²) in [7, 11) is 0. The zero-order valence-corrected chi connectivity index (χ0v) is 16.0. The van der Waals surface area contributed by atoms with E-state index in [9.17, 15) is 9.59 Å². The van der Waals surface area contributed by atoms with Crippen LogP contribution in [0.2, 0.25) is 0 Å². The molecule has 0 aliphatic carbocycles. The fraction of sp³-hybridized carbons (Fsp3) is 0.227. The highest BCUT2D eigenvalue weighted by Gasteiger charge is 2.11. The Morgan fingerprint density at radius 2 is 1.79 bits per heavy atom. The summed E-state index contributed by atoms with van der Waals surface area (Å²) < 4.78 is 7.28. The maximum atomic E-state index is 12.3. The molecule has 3 rings (SSSR count). The number of aryl methyl sites for hydroxylation is 1. The number of benzene rings is 2. The molecule has 1 N–H and O–H groups in total. The topological polar surface area (TPSA) is 73.2 Å². The highest BCUT2D eigenvalue weighted by molar-refractivity contribution is 5.96. The number of amides is 1. The number of aromatic nitrogens is 2. The highest BCUT2D eigenvalue weighted by Crippen LogP contribution is 2.15. The molecule has 2 aromatic carbocycles. The molecule has 28 heavy (non-hydrogen) atoms. The van der Waals surface area contributed by atoms with Gasteiger partial charge in [0.05, 0.1) is 12.2 Å². The van der Waals surface area contributed by atoms with Gasteiger partial charge < -0.3 is 10.1 Å². The molecule has 144 valence electrons. The monoisotopic (exact) mass is 377 g/mol. The molecule has 0 fully saturated rings. The maximum Gasteiger partial charge on any atom is 0.263 e. The minimum atomic E-state index is -0.275. The van der Waals surface area contributed by atoms with Gasteiger partial charge in [-0.05, 0) is 36.8 Å². The van der Waals surface area contributed by atoms with Crippen LogP contribution in [0.25, 0.3) is 0 Å². The lowest BCUT2D eigenvalue weighted by molar-refractivity contribution is -0.118. The van der Waals surface area contributed by atoms with Gasteiger partial charge >= 0.3 is 0 Å². The van der Waals surface area contributed by atoms with Crippen molar-refractivity contribution in [1.29, 1.82) is 0 Å². The van der Waals surface area contributed by atoms with Crippen LogP contribution in [-0.2, 0) is 11.3 Å². The molecule has 0 radical (unpaired) electrons. The molecule has 1 amide bonds. The van der Waals surface area contributed by atoms with Crippen LogP contribution in [0.15, 0.2) is 60.7 Å². The molecule has 0 saturated carbocycles. The van der Waals surface area contributed by atoms with E-state index in [0.29, 0.717) is 30.1 Å². The van der Waals surface area contributed by atoms with E-state index in [1.807, 2.05) is 50.2 Å². The zero-order valence-electron chi connectivity index (χ0n) is 16.0. The van der Waals surface area contributed by atoms with Gasteiger partial charge in [-0.2, -0.15) is 5.10 Å². The Morgan fingerprint density at radius 1 is 1.07 bits per heavy atom. The van der Waals surface area contributed by atoms with Crippen LogP contribution in [0, 0.1) is 6.92 Å².